The molecule has 0 unspecified atom stereocenters. The second-order valence-corrected chi connectivity index (χ2v) is 2.57. The van der Waals surface area contributed by atoms with Crippen molar-refractivity contribution in [3.05, 3.63) is 35.7 Å². The van der Waals surface area contributed by atoms with Gasteiger partial charge in [-0.15, -0.1) is 0 Å². The second kappa shape index (κ2) is 4.40. The first-order valence-corrected chi connectivity index (χ1v) is 4.07. The van der Waals surface area contributed by atoms with E-state index < -0.39 is 5.97 Å². The number of pyridine rings is 1. The first kappa shape index (κ1) is 9.45. The van der Waals surface area contributed by atoms with Crippen LogP contribution in [0.25, 0.3) is 6.08 Å². The highest BCUT2D eigenvalue weighted by Gasteiger charge is 1.95. The number of aromatic nitrogens is 1. The number of hydrogen-bond acceptors (Lipinski definition) is 3. The third-order valence-electron chi connectivity index (χ3n) is 1.65. The molecule has 3 heteroatoms. The maximum absolute atomic E-state index is 10.5. The summed E-state index contributed by atoms with van der Waals surface area (Å²) in [6.45, 7) is 1.77. The Kier molecular flexibility index (Phi) is 3.20. The minimum Gasteiger partial charge on any atom is -0.545 e. The van der Waals surface area contributed by atoms with Crippen LogP contribution in [0.5, 0.6) is 0 Å². The van der Waals surface area contributed by atoms with E-state index in [0.29, 0.717) is 12.1 Å². The SMILES string of the molecule is CC/C(=C/c1ccccn1)C(=O)[O-]. The second-order valence-electron chi connectivity index (χ2n) is 2.57. The predicted molar refractivity (Wildman–Crippen MR) is 47.5 cm³/mol. The largest absolute Gasteiger partial charge is 0.545 e. The van der Waals surface area contributed by atoms with E-state index in [4.69, 9.17) is 0 Å². The Balaban J connectivity index is 2.92. The normalized spacial score (nSPS) is 11.3. The van der Waals surface area contributed by atoms with Crippen molar-refractivity contribution in [1.82, 2.24) is 4.98 Å². The van der Waals surface area contributed by atoms with E-state index in [1.165, 1.54) is 6.08 Å². The summed E-state index contributed by atoms with van der Waals surface area (Å²) >= 11 is 0. The van der Waals surface area contributed by atoms with Gasteiger partial charge in [-0.25, -0.2) is 0 Å². The zero-order valence-electron chi connectivity index (χ0n) is 7.36. The van der Waals surface area contributed by atoms with Gasteiger partial charge < -0.3 is 9.90 Å². The Hall–Kier alpha value is -1.64. The molecular formula is C10H10NO2-. The lowest BCUT2D eigenvalue weighted by atomic mass is 10.1. The smallest absolute Gasteiger partial charge is 0.0675 e. The number of carboxylic acids is 1. The van der Waals surface area contributed by atoms with Crippen LogP contribution in [0.1, 0.15) is 19.0 Å². The summed E-state index contributed by atoms with van der Waals surface area (Å²) in [6, 6.07) is 5.34. The molecule has 0 N–H and O–H groups in total. The molecule has 0 saturated heterocycles. The molecule has 1 rings (SSSR count). The van der Waals surface area contributed by atoms with E-state index in [9.17, 15) is 9.90 Å². The van der Waals surface area contributed by atoms with Crippen LogP contribution in [-0.2, 0) is 4.79 Å². The van der Waals surface area contributed by atoms with E-state index in [-0.39, 0.29) is 5.57 Å². The number of rotatable bonds is 3. The predicted octanol–water partition coefficient (Wildman–Crippen LogP) is 0.625. The summed E-state index contributed by atoms with van der Waals surface area (Å²) in [6.07, 6.45) is 3.59. The zero-order chi connectivity index (χ0) is 9.68. The average Bonchev–Trinajstić information content (AvgIpc) is 2.15. The van der Waals surface area contributed by atoms with Crippen molar-refractivity contribution in [1.29, 1.82) is 0 Å². The molecule has 0 atom stereocenters. The number of carbonyl (C=O) groups is 1. The summed E-state index contributed by atoms with van der Waals surface area (Å²) in [7, 11) is 0. The number of nitrogens with zero attached hydrogens (tertiary/aromatic N) is 1. The number of carbonyl (C=O) groups excluding carboxylic acids is 1. The molecule has 0 spiro atoms. The van der Waals surface area contributed by atoms with Gasteiger partial charge in [-0.05, 0) is 30.2 Å². The number of hydrogen-bond donors (Lipinski definition) is 0. The van der Waals surface area contributed by atoms with E-state index >= 15 is 0 Å². The van der Waals surface area contributed by atoms with E-state index in [1.54, 1.807) is 31.3 Å². The summed E-state index contributed by atoms with van der Waals surface area (Å²) in [5.41, 5.74) is 0.905. The molecule has 0 aliphatic rings. The lowest BCUT2D eigenvalue weighted by Crippen LogP contribution is -2.24. The molecule has 1 aromatic rings. The van der Waals surface area contributed by atoms with Gasteiger partial charge in [0.1, 0.15) is 0 Å². The third-order valence-corrected chi connectivity index (χ3v) is 1.65. The monoisotopic (exact) mass is 176 g/mol. The fourth-order valence-electron chi connectivity index (χ4n) is 0.945. The van der Waals surface area contributed by atoms with Crippen LogP contribution in [0, 0.1) is 0 Å². The Labute approximate surface area is 76.7 Å². The topological polar surface area (TPSA) is 53.0 Å². The summed E-state index contributed by atoms with van der Waals surface area (Å²) in [4.78, 5) is 14.5. The lowest BCUT2D eigenvalue weighted by molar-refractivity contribution is -0.299. The molecule has 0 aliphatic carbocycles. The molecule has 0 fully saturated rings. The fourth-order valence-corrected chi connectivity index (χ4v) is 0.945. The van der Waals surface area contributed by atoms with Gasteiger partial charge in [0, 0.05) is 6.20 Å². The van der Waals surface area contributed by atoms with Crippen LogP contribution in [-0.4, -0.2) is 11.0 Å². The van der Waals surface area contributed by atoms with E-state index in [0.717, 1.165) is 0 Å². The number of carboxylic acid groups (broad SMARTS) is 1. The van der Waals surface area contributed by atoms with Crippen molar-refractivity contribution in [3.8, 4) is 0 Å². The minimum absolute atomic E-state index is 0.263. The van der Waals surface area contributed by atoms with Crippen LogP contribution in [0.2, 0.25) is 0 Å². The standard InChI is InChI=1S/C10H11NO2/c1-2-8(10(12)13)7-9-5-3-4-6-11-9/h3-7H,2H2,1H3,(H,12,13)/p-1/b8-7-. The van der Waals surface area contributed by atoms with Gasteiger partial charge in [-0.1, -0.05) is 13.0 Å². The molecule has 0 aromatic carbocycles. The highest BCUT2D eigenvalue weighted by atomic mass is 16.4. The van der Waals surface area contributed by atoms with E-state index in [1.807, 2.05) is 0 Å². The maximum atomic E-state index is 10.5. The first-order chi connectivity index (χ1) is 6.24. The lowest BCUT2D eigenvalue weighted by Gasteiger charge is -2.04. The van der Waals surface area contributed by atoms with Gasteiger partial charge in [0.05, 0.1) is 11.7 Å². The van der Waals surface area contributed by atoms with Crippen LogP contribution >= 0.6 is 0 Å². The molecule has 13 heavy (non-hydrogen) atoms. The highest BCUT2D eigenvalue weighted by molar-refractivity contribution is 5.90. The first-order valence-electron chi connectivity index (χ1n) is 4.07. The Bertz CT molecular complexity index is 317. The van der Waals surface area contributed by atoms with Gasteiger partial charge in [0.15, 0.2) is 0 Å². The molecule has 3 nitrogen and oxygen atoms in total. The highest BCUT2D eigenvalue weighted by Crippen LogP contribution is 2.05. The summed E-state index contributed by atoms with van der Waals surface area (Å²) in [5.74, 6) is -1.13. The molecule has 0 bridgehead atoms. The van der Waals surface area contributed by atoms with Crippen molar-refractivity contribution in [3.63, 3.8) is 0 Å². The van der Waals surface area contributed by atoms with Crippen LogP contribution in [0.15, 0.2) is 30.0 Å². The Morgan fingerprint density at radius 3 is 2.85 bits per heavy atom. The van der Waals surface area contributed by atoms with Gasteiger partial charge in [0.25, 0.3) is 0 Å². The van der Waals surface area contributed by atoms with Gasteiger partial charge >= 0.3 is 0 Å². The summed E-state index contributed by atoms with van der Waals surface area (Å²) in [5, 5.41) is 10.5. The van der Waals surface area contributed by atoms with E-state index in [2.05, 4.69) is 4.98 Å². The minimum atomic E-state index is -1.13. The van der Waals surface area contributed by atoms with Crippen molar-refractivity contribution in [2.45, 2.75) is 13.3 Å². The molecule has 0 radical (unpaired) electrons. The summed E-state index contributed by atoms with van der Waals surface area (Å²) < 4.78 is 0. The van der Waals surface area contributed by atoms with Gasteiger partial charge in [-0.2, -0.15) is 0 Å². The molecule has 0 aliphatic heterocycles. The third kappa shape index (κ3) is 2.71. The van der Waals surface area contributed by atoms with Crippen LogP contribution in [0.4, 0.5) is 0 Å². The Morgan fingerprint density at radius 2 is 2.38 bits per heavy atom. The molecule has 0 amide bonds. The van der Waals surface area contributed by atoms with Gasteiger partial charge in [0.2, 0.25) is 0 Å². The van der Waals surface area contributed by atoms with Crippen molar-refractivity contribution >= 4 is 12.0 Å². The average molecular weight is 176 g/mol. The number of aliphatic carboxylic acids is 1. The molecular weight excluding hydrogens is 166 g/mol. The quantitative estimate of drug-likeness (QED) is 0.634. The fraction of sp³-hybridized carbons (Fsp3) is 0.200. The van der Waals surface area contributed by atoms with Gasteiger partial charge in [-0.3, -0.25) is 4.98 Å². The maximum Gasteiger partial charge on any atom is 0.0675 e. The van der Waals surface area contributed by atoms with Crippen molar-refractivity contribution < 1.29 is 9.90 Å². The van der Waals surface area contributed by atoms with Crippen molar-refractivity contribution in [2.75, 3.05) is 0 Å². The molecule has 1 heterocycles. The van der Waals surface area contributed by atoms with Crippen LogP contribution < -0.4 is 5.11 Å². The molecule has 1 aromatic heterocycles. The molecule has 0 saturated carbocycles. The molecule has 68 valence electrons. The Morgan fingerprint density at radius 1 is 1.62 bits per heavy atom. The zero-order valence-corrected chi connectivity index (χ0v) is 7.36. The van der Waals surface area contributed by atoms with Crippen LogP contribution in [0.3, 0.4) is 0 Å². The van der Waals surface area contributed by atoms with Crippen molar-refractivity contribution in [2.24, 2.45) is 0 Å².